The van der Waals surface area contributed by atoms with Gasteiger partial charge in [-0.25, -0.2) is 8.78 Å². The van der Waals surface area contributed by atoms with Crippen molar-refractivity contribution in [3.8, 4) is 0 Å². The second kappa shape index (κ2) is 9.01. The Hall–Kier alpha value is -2.67. The van der Waals surface area contributed by atoms with Crippen molar-refractivity contribution in [2.75, 3.05) is 29.9 Å². The van der Waals surface area contributed by atoms with Crippen LogP contribution in [0, 0.1) is 11.6 Å². The molecular weight excluding hydrogens is 388 g/mol. The van der Waals surface area contributed by atoms with Crippen LogP contribution in [-0.4, -0.2) is 31.4 Å². The highest BCUT2D eigenvalue weighted by molar-refractivity contribution is 6.33. The second-order valence-corrected chi connectivity index (χ2v) is 6.91. The van der Waals surface area contributed by atoms with Crippen molar-refractivity contribution in [1.29, 1.82) is 0 Å². The number of nitrogens with zero attached hydrogens (tertiary/aromatic N) is 1. The highest BCUT2D eigenvalue weighted by Gasteiger charge is 2.19. The Kier molecular flexibility index (Phi) is 6.46. The maximum absolute atomic E-state index is 14.3. The Bertz CT molecular complexity index is 886. The lowest BCUT2D eigenvalue weighted by Crippen LogP contribution is -2.28. The van der Waals surface area contributed by atoms with Gasteiger partial charge in [0.25, 0.3) is 5.91 Å². The van der Waals surface area contributed by atoms with Crippen molar-refractivity contribution in [3.05, 3.63) is 58.6 Å². The predicted octanol–water partition coefficient (Wildman–Crippen LogP) is 3.98. The van der Waals surface area contributed by atoms with Crippen molar-refractivity contribution in [1.82, 2.24) is 5.32 Å². The van der Waals surface area contributed by atoms with Gasteiger partial charge in [-0.3, -0.25) is 9.59 Å². The summed E-state index contributed by atoms with van der Waals surface area (Å²) < 4.78 is 27.3. The molecule has 1 fully saturated rings. The minimum Gasteiger partial charge on any atom is -0.370 e. The van der Waals surface area contributed by atoms with Crippen LogP contribution in [0.15, 0.2) is 36.4 Å². The molecule has 1 heterocycles. The molecule has 8 heteroatoms. The van der Waals surface area contributed by atoms with Crippen LogP contribution in [0.1, 0.15) is 29.6 Å². The largest absolute Gasteiger partial charge is 0.370 e. The SMILES string of the molecule is O=C(CCNC(=O)c1ccc(F)cc1Cl)Nc1c(F)cccc1N1CCCC1. The minimum absolute atomic E-state index is 0.0106. The van der Waals surface area contributed by atoms with Gasteiger partial charge >= 0.3 is 0 Å². The van der Waals surface area contributed by atoms with Gasteiger partial charge in [-0.2, -0.15) is 0 Å². The number of nitrogens with one attached hydrogen (secondary N) is 2. The fraction of sp³-hybridized carbons (Fsp3) is 0.300. The molecule has 2 amide bonds. The average Bonchev–Trinajstić information content (AvgIpc) is 3.17. The van der Waals surface area contributed by atoms with Crippen LogP contribution >= 0.6 is 11.6 Å². The number of carbonyl (C=O) groups is 2. The van der Waals surface area contributed by atoms with Gasteiger partial charge in [-0.05, 0) is 43.2 Å². The summed E-state index contributed by atoms with van der Waals surface area (Å²) in [6, 6.07) is 8.14. The van der Waals surface area contributed by atoms with E-state index in [-0.39, 0.29) is 29.2 Å². The van der Waals surface area contributed by atoms with E-state index in [1.807, 2.05) is 4.90 Å². The molecule has 0 aromatic heterocycles. The molecular formula is C20H20ClF2N3O2. The molecule has 1 aliphatic heterocycles. The van der Waals surface area contributed by atoms with Crippen molar-refractivity contribution in [2.45, 2.75) is 19.3 Å². The van der Waals surface area contributed by atoms with E-state index >= 15 is 0 Å². The summed E-state index contributed by atoms with van der Waals surface area (Å²) in [5, 5.41) is 5.14. The zero-order chi connectivity index (χ0) is 20.1. The molecule has 0 aliphatic carbocycles. The lowest BCUT2D eigenvalue weighted by Gasteiger charge is -2.22. The van der Waals surface area contributed by atoms with Gasteiger partial charge in [0.05, 0.1) is 16.3 Å². The van der Waals surface area contributed by atoms with Crippen LogP contribution in [0.25, 0.3) is 0 Å². The Morgan fingerprint density at radius 3 is 2.57 bits per heavy atom. The number of anilines is 2. The highest BCUT2D eigenvalue weighted by atomic mass is 35.5. The van der Waals surface area contributed by atoms with Crippen LogP contribution in [0.3, 0.4) is 0 Å². The fourth-order valence-electron chi connectivity index (χ4n) is 3.12. The van der Waals surface area contributed by atoms with Crippen LogP contribution in [0.4, 0.5) is 20.2 Å². The fourth-order valence-corrected chi connectivity index (χ4v) is 3.37. The van der Waals surface area contributed by atoms with Crippen LogP contribution < -0.4 is 15.5 Å². The van der Waals surface area contributed by atoms with Gasteiger partial charge < -0.3 is 15.5 Å². The Morgan fingerprint density at radius 1 is 1.11 bits per heavy atom. The molecule has 2 aromatic rings. The lowest BCUT2D eigenvalue weighted by atomic mass is 10.2. The Labute approximate surface area is 166 Å². The zero-order valence-electron chi connectivity index (χ0n) is 15.1. The first kappa shape index (κ1) is 20.1. The lowest BCUT2D eigenvalue weighted by molar-refractivity contribution is -0.116. The molecule has 148 valence electrons. The molecule has 1 aliphatic rings. The Balaban J connectivity index is 1.57. The molecule has 1 saturated heterocycles. The molecule has 5 nitrogen and oxygen atoms in total. The van der Waals surface area contributed by atoms with Gasteiger partial charge in [0.2, 0.25) is 5.91 Å². The zero-order valence-corrected chi connectivity index (χ0v) is 15.9. The normalized spacial score (nSPS) is 13.5. The summed E-state index contributed by atoms with van der Waals surface area (Å²) >= 11 is 5.84. The summed E-state index contributed by atoms with van der Waals surface area (Å²) in [6.07, 6.45) is 2.02. The topological polar surface area (TPSA) is 61.4 Å². The first-order chi connectivity index (χ1) is 13.5. The second-order valence-electron chi connectivity index (χ2n) is 6.51. The number of amides is 2. The molecule has 0 atom stereocenters. The highest BCUT2D eigenvalue weighted by Crippen LogP contribution is 2.31. The van der Waals surface area contributed by atoms with Crippen molar-refractivity contribution >= 4 is 34.8 Å². The van der Waals surface area contributed by atoms with E-state index in [2.05, 4.69) is 10.6 Å². The first-order valence-corrected chi connectivity index (χ1v) is 9.40. The van der Waals surface area contributed by atoms with Crippen molar-refractivity contribution < 1.29 is 18.4 Å². The maximum Gasteiger partial charge on any atom is 0.252 e. The first-order valence-electron chi connectivity index (χ1n) is 9.02. The third kappa shape index (κ3) is 4.78. The molecule has 0 unspecified atom stereocenters. The summed E-state index contributed by atoms with van der Waals surface area (Å²) in [4.78, 5) is 26.4. The van der Waals surface area contributed by atoms with E-state index < -0.39 is 23.4 Å². The average molecular weight is 408 g/mol. The third-order valence-electron chi connectivity index (χ3n) is 4.52. The molecule has 3 rings (SSSR count). The van der Waals surface area contributed by atoms with Gasteiger partial charge in [-0.1, -0.05) is 17.7 Å². The molecule has 0 radical (unpaired) electrons. The summed E-state index contributed by atoms with van der Waals surface area (Å²) in [5.41, 5.74) is 0.934. The van der Waals surface area contributed by atoms with E-state index in [9.17, 15) is 18.4 Å². The predicted molar refractivity (Wildman–Crippen MR) is 105 cm³/mol. The number of benzene rings is 2. The number of rotatable bonds is 6. The van der Waals surface area contributed by atoms with E-state index in [0.717, 1.165) is 38.1 Å². The molecule has 2 aromatic carbocycles. The molecule has 0 saturated carbocycles. The number of carbonyl (C=O) groups excluding carboxylic acids is 2. The van der Waals surface area contributed by atoms with Crippen molar-refractivity contribution in [3.63, 3.8) is 0 Å². The number of hydrogen-bond acceptors (Lipinski definition) is 3. The quantitative estimate of drug-likeness (QED) is 0.761. The molecule has 28 heavy (non-hydrogen) atoms. The van der Waals surface area contributed by atoms with E-state index in [0.29, 0.717) is 5.69 Å². The van der Waals surface area contributed by atoms with Gasteiger partial charge in [0.1, 0.15) is 17.3 Å². The van der Waals surface area contributed by atoms with Gasteiger partial charge in [0.15, 0.2) is 0 Å². The van der Waals surface area contributed by atoms with Crippen LogP contribution in [0.2, 0.25) is 5.02 Å². The third-order valence-corrected chi connectivity index (χ3v) is 4.83. The van der Waals surface area contributed by atoms with E-state index in [1.54, 1.807) is 12.1 Å². The maximum atomic E-state index is 14.3. The number of halogens is 3. The monoisotopic (exact) mass is 407 g/mol. The molecule has 2 N–H and O–H groups in total. The van der Waals surface area contributed by atoms with E-state index in [4.69, 9.17) is 11.6 Å². The van der Waals surface area contributed by atoms with Gasteiger partial charge in [0, 0.05) is 26.1 Å². The van der Waals surface area contributed by atoms with Crippen LogP contribution in [-0.2, 0) is 4.79 Å². The minimum atomic E-state index is -0.542. The van der Waals surface area contributed by atoms with Crippen LogP contribution in [0.5, 0.6) is 0 Å². The standard InChI is InChI=1S/C20H20ClF2N3O2/c21-15-12-13(22)6-7-14(15)20(28)24-9-8-18(27)25-19-16(23)4-3-5-17(19)26-10-1-2-11-26/h3-7,12H,1-2,8-11H2,(H,24,28)(H,25,27). The Morgan fingerprint density at radius 2 is 1.86 bits per heavy atom. The van der Waals surface area contributed by atoms with Gasteiger partial charge in [-0.15, -0.1) is 0 Å². The summed E-state index contributed by atoms with van der Waals surface area (Å²) in [5.74, 6) is -1.98. The summed E-state index contributed by atoms with van der Waals surface area (Å²) in [7, 11) is 0. The molecule has 0 bridgehead atoms. The number of para-hydroxylation sites is 1. The number of hydrogen-bond donors (Lipinski definition) is 2. The van der Waals surface area contributed by atoms with E-state index in [1.165, 1.54) is 12.1 Å². The molecule has 0 spiro atoms. The smallest absolute Gasteiger partial charge is 0.252 e. The summed E-state index contributed by atoms with van der Waals surface area (Å²) in [6.45, 7) is 1.67. The van der Waals surface area contributed by atoms with Crippen molar-refractivity contribution in [2.24, 2.45) is 0 Å².